The lowest BCUT2D eigenvalue weighted by atomic mass is 10.0. The minimum atomic E-state index is -1.15. The Hall–Kier alpha value is -0.630. The van der Waals surface area contributed by atoms with Crippen LogP contribution in [0.4, 0.5) is 4.39 Å². The normalized spacial score (nSPS) is 27.9. The van der Waals surface area contributed by atoms with Crippen LogP contribution in [-0.2, 0) is 0 Å². The maximum absolute atomic E-state index is 14.4. The van der Waals surface area contributed by atoms with Crippen LogP contribution in [0.15, 0.2) is 24.3 Å². The van der Waals surface area contributed by atoms with Crippen LogP contribution >= 0.6 is 0 Å². The molecule has 1 nitrogen and oxygen atoms in total. The van der Waals surface area contributed by atoms with E-state index >= 15 is 0 Å². The van der Waals surface area contributed by atoms with Gasteiger partial charge in [-0.25, -0.2) is 0 Å². The Kier molecular flexibility index (Phi) is 4.33. The van der Waals surface area contributed by atoms with E-state index in [9.17, 15) is 4.39 Å². The zero-order valence-corrected chi connectivity index (χ0v) is 9.22. The summed E-state index contributed by atoms with van der Waals surface area (Å²) in [6.45, 7) is 5.99. The van der Waals surface area contributed by atoms with E-state index in [1.54, 1.807) is 6.08 Å². The quantitative estimate of drug-likeness (QED) is 0.643. The van der Waals surface area contributed by atoms with E-state index in [4.69, 9.17) is 0 Å². The first-order valence-electron chi connectivity index (χ1n) is 5.61. The molecular formula is C12H21FN+. The molecule has 0 saturated heterocycles. The van der Waals surface area contributed by atoms with Crippen LogP contribution in [0.1, 0.15) is 33.1 Å². The maximum Gasteiger partial charge on any atom is 0.263 e. The monoisotopic (exact) mass is 198 g/mol. The molecule has 0 saturated carbocycles. The van der Waals surface area contributed by atoms with E-state index in [-0.39, 0.29) is 0 Å². The van der Waals surface area contributed by atoms with Gasteiger partial charge in [0.2, 0.25) is 0 Å². The number of rotatable bonds is 5. The SMILES string of the molecule is CCCC[NH+](CC)C1(F)C=CC=CC1. The van der Waals surface area contributed by atoms with Crippen molar-refractivity contribution in [3.63, 3.8) is 0 Å². The maximum atomic E-state index is 14.4. The molecule has 2 heteroatoms. The van der Waals surface area contributed by atoms with Crippen LogP contribution in [0.25, 0.3) is 0 Å². The first-order chi connectivity index (χ1) is 6.73. The highest BCUT2D eigenvalue weighted by Crippen LogP contribution is 2.15. The van der Waals surface area contributed by atoms with Crippen molar-refractivity contribution in [2.45, 2.75) is 38.9 Å². The fraction of sp³-hybridized carbons (Fsp3) is 0.667. The molecule has 80 valence electrons. The van der Waals surface area contributed by atoms with Gasteiger partial charge in [0, 0.05) is 6.08 Å². The molecule has 2 unspecified atom stereocenters. The molecule has 0 aliphatic heterocycles. The van der Waals surface area contributed by atoms with Gasteiger partial charge in [-0.15, -0.1) is 0 Å². The largest absolute Gasteiger partial charge is 0.300 e. The molecule has 0 bridgehead atoms. The molecule has 0 aromatic rings. The van der Waals surface area contributed by atoms with Crippen molar-refractivity contribution in [1.29, 1.82) is 0 Å². The molecule has 0 heterocycles. The van der Waals surface area contributed by atoms with Crippen molar-refractivity contribution in [3.8, 4) is 0 Å². The molecule has 0 amide bonds. The van der Waals surface area contributed by atoms with Crippen LogP contribution in [0, 0.1) is 0 Å². The first kappa shape index (κ1) is 11.4. The third-order valence-electron chi connectivity index (χ3n) is 2.87. The number of hydrogen-bond donors (Lipinski definition) is 1. The second kappa shape index (κ2) is 5.30. The Morgan fingerprint density at radius 3 is 2.64 bits per heavy atom. The van der Waals surface area contributed by atoms with E-state index in [0.717, 1.165) is 30.8 Å². The number of hydrogen-bond acceptors (Lipinski definition) is 0. The summed E-state index contributed by atoms with van der Waals surface area (Å²) in [4.78, 5) is 1.06. The second-order valence-electron chi connectivity index (χ2n) is 3.91. The van der Waals surface area contributed by atoms with Gasteiger partial charge in [0.25, 0.3) is 5.79 Å². The molecule has 14 heavy (non-hydrogen) atoms. The zero-order valence-electron chi connectivity index (χ0n) is 9.22. The Morgan fingerprint density at radius 2 is 2.14 bits per heavy atom. The fourth-order valence-electron chi connectivity index (χ4n) is 1.93. The molecule has 0 aromatic carbocycles. The molecule has 1 aliphatic carbocycles. The van der Waals surface area contributed by atoms with Gasteiger partial charge < -0.3 is 0 Å². The minimum Gasteiger partial charge on any atom is -0.300 e. The summed E-state index contributed by atoms with van der Waals surface area (Å²) in [5.41, 5.74) is 0. The van der Waals surface area contributed by atoms with Gasteiger partial charge in [-0.2, -0.15) is 4.39 Å². The van der Waals surface area contributed by atoms with Gasteiger partial charge in [-0.3, -0.25) is 4.90 Å². The predicted molar refractivity (Wildman–Crippen MR) is 58.0 cm³/mol. The molecule has 1 rings (SSSR count). The Bertz CT molecular complexity index is 222. The van der Waals surface area contributed by atoms with E-state index in [1.807, 2.05) is 18.2 Å². The van der Waals surface area contributed by atoms with Crippen LogP contribution in [-0.4, -0.2) is 18.9 Å². The average molecular weight is 198 g/mol. The summed E-state index contributed by atoms with van der Waals surface area (Å²) in [7, 11) is 0. The van der Waals surface area contributed by atoms with Crippen molar-refractivity contribution in [1.82, 2.24) is 0 Å². The van der Waals surface area contributed by atoms with Crippen LogP contribution < -0.4 is 4.90 Å². The summed E-state index contributed by atoms with van der Waals surface area (Å²) in [6.07, 6.45) is 10.1. The Balaban J connectivity index is 2.58. The number of alkyl halides is 1. The number of halogens is 1. The molecule has 0 radical (unpaired) electrons. The molecule has 0 spiro atoms. The van der Waals surface area contributed by atoms with Gasteiger partial charge in [0.15, 0.2) is 0 Å². The van der Waals surface area contributed by atoms with Gasteiger partial charge in [-0.1, -0.05) is 31.6 Å². The first-order valence-corrected chi connectivity index (χ1v) is 5.61. The van der Waals surface area contributed by atoms with Gasteiger partial charge in [0.05, 0.1) is 19.5 Å². The molecular weight excluding hydrogens is 177 g/mol. The van der Waals surface area contributed by atoms with Crippen molar-refractivity contribution in [2.75, 3.05) is 13.1 Å². The fourth-order valence-corrected chi connectivity index (χ4v) is 1.93. The number of allylic oxidation sites excluding steroid dienone is 2. The molecule has 1 aliphatic rings. The van der Waals surface area contributed by atoms with E-state index in [2.05, 4.69) is 13.8 Å². The molecule has 0 aromatic heterocycles. The van der Waals surface area contributed by atoms with Gasteiger partial charge in [0.1, 0.15) is 0 Å². The average Bonchev–Trinajstić information content (AvgIpc) is 2.20. The van der Waals surface area contributed by atoms with E-state index in [0.29, 0.717) is 6.42 Å². The number of unbranched alkanes of at least 4 members (excludes halogenated alkanes) is 1. The summed E-state index contributed by atoms with van der Waals surface area (Å²) in [5.74, 6) is -1.15. The standard InChI is InChI=1S/C12H20FN/c1-3-5-11-14(4-2)12(13)9-7-6-8-10-12/h6-9H,3-5,10-11H2,1-2H3/p+1. The summed E-state index contributed by atoms with van der Waals surface area (Å²) in [6, 6.07) is 0. The number of nitrogens with one attached hydrogen (secondary N) is 1. The second-order valence-corrected chi connectivity index (χ2v) is 3.91. The highest BCUT2D eigenvalue weighted by atomic mass is 19.1. The Labute approximate surface area is 86.3 Å². The Morgan fingerprint density at radius 1 is 1.36 bits per heavy atom. The lowest BCUT2D eigenvalue weighted by molar-refractivity contribution is -0.960. The third kappa shape index (κ3) is 2.68. The number of likely N-dealkylation sites (N-methyl/N-ethyl adjacent to an activating group) is 1. The van der Waals surface area contributed by atoms with Crippen LogP contribution in [0.5, 0.6) is 0 Å². The highest BCUT2D eigenvalue weighted by Gasteiger charge is 2.36. The minimum absolute atomic E-state index is 0.524. The van der Waals surface area contributed by atoms with Gasteiger partial charge >= 0.3 is 0 Å². The van der Waals surface area contributed by atoms with Crippen molar-refractivity contribution >= 4 is 0 Å². The van der Waals surface area contributed by atoms with E-state index in [1.165, 1.54) is 0 Å². The highest BCUT2D eigenvalue weighted by molar-refractivity contribution is 5.14. The molecule has 0 fully saturated rings. The van der Waals surface area contributed by atoms with Crippen molar-refractivity contribution < 1.29 is 9.29 Å². The molecule has 2 atom stereocenters. The zero-order chi connectivity index (χ0) is 10.4. The van der Waals surface area contributed by atoms with Crippen LogP contribution in [0.3, 0.4) is 0 Å². The smallest absolute Gasteiger partial charge is 0.263 e. The lowest BCUT2D eigenvalue weighted by Gasteiger charge is -2.31. The van der Waals surface area contributed by atoms with Crippen molar-refractivity contribution in [3.05, 3.63) is 24.3 Å². The lowest BCUT2D eigenvalue weighted by Crippen LogP contribution is -3.19. The van der Waals surface area contributed by atoms with E-state index < -0.39 is 5.79 Å². The third-order valence-corrected chi connectivity index (χ3v) is 2.87. The summed E-state index contributed by atoms with van der Waals surface area (Å²) >= 11 is 0. The van der Waals surface area contributed by atoms with Crippen LogP contribution in [0.2, 0.25) is 0 Å². The predicted octanol–water partition coefficient (Wildman–Crippen LogP) is 1.87. The topological polar surface area (TPSA) is 4.44 Å². The summed E-state index contributed by atoms with van der Waals surface area (Å²) < 4.78 is 14.4. The van der Waals surface area contributed by atoms with Crippen molar-refractivity contribution in [2.24, 2.45) is 0 Å². The number of quaternary nitrogens is 1. The summed E-state index contributed by atoms with van der Waals surface area (Å²) in [5, 5.41) is 0. The van der Waals surface area contributed by atoms with Gasteiger partial charge in [-0.05, 0) is 13.3 Å². The molecule has 1 N–H and O–H groups in total.